The standard InChI is InChI=1S/C12H18N2S/c1-2-8-14-12(7-1)15-10-4-6-11-5-3-9-13-11/h1-2,7-8,11,13H,3-6,9-10H2. The van der Waals surface area contributed by atoms with Crippen molar-refractivity contribution in [3.63, 3.8) is 0 Å². The minimum atomic E-state index is 0.786. The van der Waals surface area contributed by atoms with Crippen LogP contribution < -0.4 is 5.32 Å². The molecule has 1 N–H and O–H groups in total. The molecule has 15 heavy (non-hydrogen) atoms. The monoisotopic (exact) mass is 222 g/mol. The third-order valence-corrected chi connectivity index (χ3v) is 3.78. The van der Waals surface area contributed by atoms with Crippen molar-refractivity contribution in [2.75, 3.05) is 12.3 Å². The van der Waals surface area contributed by atoms with E-state index in [-0.39, 0.29) is 0 Å². The fraction of sp³-hybridized carbons (Fsp3) is 0.583. The van der Waals surface area contributed by atoms with E-state index < -0.39 is 0 Å². The van der Waals surface area contributed by atoms with E-state index in [2.05, 4.69) is 16.4 Å². The highest BCUT2D eigenvalue weighted by Crippen LogP contribution is 2.18. The summed E-state index contributed by atoms with van der Waals surface area (Å²) in [5.74, 6) is 1.19. The molecular formula is C12H18N2S. The SMILES string of the molecule is c1ccc(SCCCC2CCCN2)nc1. The van der Waals surface area contributed by atoms with Crippen molar-refractivity contribution >= 4 is 11.8 Å². The lowest BCUT2D eigenvalue weighted by molar-refractivity contribution is 0.553. The number of pyridine rings is 1. The van der Waals surface area contributed by atoms with Gasteiger partial charge in [-0.15, -0.1) is 11.8 Å². The summed E-state index contributed by atoms with van der Waals surface area (Å²) in [6.07, 6.45) is 7.20. The van der Waals surface area contributed by atoms with Gasteiger partial charge in [0.1, 0.15) is 0 Å². The Hall–Kier alpha value is -0.540. The Morgan fingerprint density at radius 3 is 3.20 bits per heavy atom. The molecule has 2 nitrogen and oxygen atoms in total. The van der Waals surface area contributed by atoms with E-state index in [1.54, 1.807) is 0 Å². The van der Waals surface area contributed by atoms with Gasteiger partial charge in [-0.1, -0.05) is 6.07 Å². The van der Waals surface area contributed by atoms with Crippen LogP contribution in [0.4, 0.5) is 0 Å². The van der Waals surface area contributed by atoms with E-state index in [4.69, 9.17) is 0 Å². The lowest BCUT2D eigenvalue weighted by Gasteiger charge is -2.08. The second kappa shape index (κ2) is 6.13. The number of thioether (sulfide) groups is 1. The van der Waals surface area contributed by atoms with Crippen LogP contribution in [-0.2, 0) is 0 Å². The van der Waals surface area contributed by atoms with Gasteiger partial charge in [0.15, 0.2) is 0 Å². The minimum Gasteiger partial charge on any atom is -0.314 e. The number of hydrogen-bond donors (Lipinski definition) is 1. The highest BCUT2D eigenvalue weighted by atomic mass is 32.2. The molecule has 1 fully saturated rings. The zero-order valence-electron chi connectivity index (χ0n) is 8.98. The summed E-state index contributed by atoms with van der Waals surface area (Å²) in [6, 6.07) is 6.88. The second-order valence-electron chi connectivity index (χ2n) is 3.95. The van der Waals surface area contributed by atoms with Crippen LogP contribution >= 0.6 is 11.8 Å². The lowest BCUT2D eigenvalue weighted by atomic mass is 10.1. The number of aromatic nitrogens is 1. The third-order valence-electron chi connectivity index (χ3n) is 2.75. The molecule has 1 aliphatic heterocycles. The molecule has 0 bridgehead atoms. The first-order valence-corrected chi connectivity index (χ1v) is 6.71. The smallest absolute Gasteiger partial charge is 0.0959 e. The Balaban J connectivity index is 1.59. The minimum absolute atomic E-state index is 0.786. The molecule has 1 aromatic rings. The van der Waals surface area contributed by atoms with Crippen molar-refractivity contribution in [2.45, 2.75) is 36.8 Å². The molecule has 0 spiro atoms. The molecule has 0 amide bonds. The van der Waals surface area contributed by atoms with E-state index in [1.165, 1.54) is 38.0 Å². The zero-order valence-corrected chi connectivity index (χ0v) is 9.80. The van der Waals surface area contributed by atoms with Gasteiger partial charge in [-0.2, -0.15) is 0 Å². The fourth-order valence-corrected chi connectivity index (χ4v) is 2.77. The first-order valence-electron chi connectivity index (χ1n) is 5.72. The molecule has 82 valence electrons. The topological polar surface area (TPSA) is 24.9 Å². The normalized spacial score (nSPS) is 20.7. The van der Waals surface area contributed by atoms with Crippen LogP contribution in [-0.4, -0.2) is 23.3 Å². The first kappa shape index (κ1) is 11.0. The largest absolute Gasteiger partial charge is 0.314 e. The Kier molecular flexibility index (Phi) is 4.48. The summed E-state index contributed by atoms with van der Waals surface area (Å²) in [7, 11) is 0. The number of hydrogen-bond acceptors (Lipinski definition) is 3. The Bertz CT molecular complexity index is 270. The predicted molar refractivity (Wildman–Crippen MR) is 65.2 cm³/mol. The zero-order chi connectivity index (χ0) is 10.3. The van der Waals surface area contributed by atoms with Crippen molar-refractivity contribution in [1.29, 1.82) is 0 Å². The van der Waals surface area contributed by atoms with Crippen LogP contribution in [0, 0.1) is 0 Å². The molecule has 0 radical (unpaired) electrons. The summed E-state index contributed by atoms with van der Waals surface area (Å²) in [6.45, 7) is 1.22. The molecule has 0 aromatic carbocycles. The number of rotatable bonds is 5. The van der Waals surface area contributed by atoms with Gasteiger partial charge in [0, 0.05) is 12.2 Å². The van der Waals surface area contributed by atoms with Gasteiger partial charge in [-0.3, -0.25) is 0 Å². The van der Waals surface area contributed by atoms with E-state index in [0.717, 1.165) is 11.1 Å². The van der Waals surface area contributed by atoms with Crippen LogP contribution in [0.1, 0.15) is 25.7 Å². The molecule has 3 heteroatoms. The second-order valence-corrected chi connectivity index (χ2v) is 5.07. The lowest BCUT2D eigenvalue weighted by Crippen LogP contribution is -2.20. The summed E-state index contributed by atoms with van der Waals surface area (Å²) < 4.78 is 0. The Morgan fingerprint density at radius 2 is 2.47 bits per heavy atom. The van der Waals surface area contributed by atoms with Gasteiger partial charge >= 0.3 is 0 Å². The van der Waals surface area contributed by atoms with Crippen molar-refractivity contribution in [3.05, 3.63) is 24.4 Å². The summed E-state index contributed by atoms with van der Waals surface area (Å²) in [4.78, 5) is 4.30. The van der Waals surface area contributed by atoms with Crippen LogP contribution in [0.3, 0.4) is 0 Å². The van der Waals surface area contributed by atoms with Crippen molar-refractivity contribution in [1.82, 2.24) is 10.3 Å². The molecule has 1 atom stereocenters. The number of nitrogens with one attached hydrogen (secondary N) is 1. The maximum atomic E-state index is 4.30. The Morgan fingerprint density at radius 1 is 1.47 bits per heavy atom. The van der Waals surface area contributed by atoms with Crippen molar-refractivity contribution in [2.24, 2.45) is 0 Å². The van der Waals surface area contributed by atoms with E-state index in [0.29, 0.717) is 0 Å². The average molecular weight is 222 g/mol. The maximum Gasteiger partial charge on any atom is 0.0959 e. The average Bonchev–Trinajstić information content (AvgIpc) is 2.79. The molecule has 1 saturated heterocycles. The van der Waals surface area contributed by atoms with Gasteiger partial charge in [0.05, 0.1) is 5.03 Å². The summed E-state index contributed by atoms with van der Waals surface area (Å²) in [5.41, 5.74) is 0. The van der Waals surface area contributed by atoms with Gasteiger partial charge in [0.25, 0.3) is 0 Å². The summed E-state index contributed by atoms with van der Waals surface area (Å²) >= 11 is 1.86. The molecule has 2 heterocycles. The molecule has 2 rings (SSSR count). The molecule has 1 aromatic heterocycles. The van der Waals surface area contributed by atoms with Gasteiger partial charge in [-0.05, 0) is 50.1 Å². The highest BCUT2D eigenvalue weighted by molar-refractivity contribution is 7.99. The molecular weight excluding hydrogens is 204 g/mol. The van der Waals surface area contributed by atoms with E-state index in [9.17, 15) is 0 Å². The van der Waals surface area contributed by atoms with Crippen LogP contribution in [0.5, 0.6) is 0 Å². The fourth-order valence-electron chi connectivity index (χ4n) is 1.94. The molecule has 0 saturated carbocycles. The number of nitrogens with zero attached hydrogens (tertiary/aromatic N) is 1. The van der Waals surface area contributed by atoms with Crippen LogP contribution in [0.25, 0.3) is 0 Å². The Labute approximate surface area is 95.9 Å². The highest BCUT2D eigenvalue weighted by Gasteiger charge is 2.12. The quantitative estimate of drug-likeness (QED) is 0.612. The molecule has 1 unspecified atom stereocenters. The van der Waals surface area contributed by atoms with Crippen LogP contribution in [0.15, 0.2) is 29.4 Å². The van der Waals surface area contributed by atoms with Gasteiger partial charge < -0.3 is 5.32 Å². The maximum absolute atomic E-state index is 4.30. The first-order chi connectivity index (χ1) is 7.45. The van der Waals surface area contributed by atoms with Crippen molar-refractivity contribution in [3.8, 4) is 0 Å². The molecule has 0 aliphatic carbocycles. The van der Waals surface area contributed by atoms with Crippen molar-refractivity contribution < 1.29 is 0 Å². The van der Waals surface area contributed by atoms with Gasteiger partial charge in [0.2, 0.25) is 0 Å². The van der Waals surface area contributed by atoms with E-state index >= 15 is 0 Å². The molecule has 1 aliphatic rings. The third kappa shape index (κ3) is 3.84. The summed E-state index contributed by atoms with van der Waals surface area (Å²) in [5, 5.41) is 4.68. The van der Waals surface area contributed by atoms with Crippen LogP contribution in [0.2, 0.25) is 0 Å². The van der Waals surface area contributed by atoms with Gasteiger partial charge in [-0.25, -0.2) is 4.98 Å². The van der Waals surface area contributed by atoms with E-state index in [1.807, 2.05) is 30.1 Å². The predicted octanol–water partition coefficient (Wildman–Crippen LogP) is 2.71.